The van der Waals surface area contributed by atoms with Gasteiger partial charge in [0.25, 0.3) is 11.8 Å². The molecule has 66 heavy (non-hydrogen) atoms. The van der Waals surface area contributed by atoms with Gasteiger partial charge in [-0.25, -0.2) is 9.97 Å². The number of carbonyl (C=O) groups excluding carboxylic acids is 4. The Morgan fingerprint density at radius 1 is 0.576 bits per heavy atom. The Bertz CT molecular complexity index is 2800. The number of methoxy groups -OCH3 is 1. The van der Waals surface area contributed by atoms with Crippen LogP contribution < -0.4 is 47.7 Å². The van der Waals surface area contributed by atoms with Crippen molar-refractivity contribution in [3.05, 3.63) is 188 Å². The van der Waals surface area contributed by atoms with Crippen LogP contribution in [0, 0.1) is 0 Å². The minimum Gasteiger partial charge on any atom is -0.497 e. The van der Waals surface area contributed by atoms with E-state index in [0.29, 0.717) is 47.0 Å². The summed E-state index contributed by atoms with van der Waals surface area (Å²) in [6.45, 7) is 7.20. The summed E-state index contributed by atoms with van der Waals surface area (Å²) in [5, 5.41) is 20.7. The van der Waals surface area contributed by atoms with Gasteiger partial charge in [-0.15, -0.1) is 0 Å². The van der Waals surface area contributed by atoms with Gasteiger partial charge in [-0.05, 0) is 90.5 Å². The molecule has 0 aliphatic rings. The number of nitrogens with two attached hydrogens (primary N) is 1. The maximum absolute atomic E-state index is 13.1. The zero-order chi connectivity index (χ0) is 46.0. The van der Waals surface area contributed by atoms with E-state index in [-0.39, 0.29) is 39.4 Å². The Morgan fingerprint density at radius 3 is 1.47 bits per heavy atom. The summed E-state index contributed by atoms with van der Waals surface area (Å²) in [4.78, 5) is 65.4. The molecule has 2 heterocycles. The fraction of sp³-hybridized carbons (Fsp3) is 0.0417. The molecule has 0 aliphatic heterocycles. The summed E-state index contributed by atoms with van der Waals surface area (Å²) in [6.07, 6.45) is 5.19. The van der Waals surface area contributed by atoms with Gasteiger partial charge in [0.05, 0.1) is 7.11 Å². The van der Waals surface area contributed by atoms with Gasteiger partial charge >= 0.3 is 0 Å². The lowest BCUT2D eigenvalue weighted by Gasteiger charge is -2.14. The Kier molecular flexibility index (Phi) is 17.1. The lowest BCUT2D eigenvalue weighted by Crippen LogP contribution is -2.24. The predicted octanol–water partition coefficient (Wildman–Crippen LogP) is 8.37. The number of ether oxygens (including phenoxy) is 1. The molecule has 17 nitrogen and oxygen atoms in total. The third-order valence-electron chi connectivity index (χ3n) is 8.92. The number of carbonyl (C=O) groups is 4. The predicted molar refractivity (Wildman–Crippen MR) is 256 cm³/mol. The second-order valence-corrected chi connectivity index (χ2v) is 13.6. The highest BCUT2D eigenvalue weighted by Gasteiger charge is 2.17. The van der Waals surface area contributed by atoms with Crippen LogP contribution in [-0.2, 0) is 16.1 Å². The number of hydrogen-bond acceptors (Lipinski definition) is 13. The molecule has 9 N–H and O–H groups in total. The molecule has 4 amide bonds. The van der Waals surface area contributed by atoms with Crippen molar-refractivity contribution in [2.24, 2.45) is 5.73 Å². The highest BCUT2D eigenvalue weighted by molar-refractivity contribution is 6.01. The number of rotatable bonds is 17. The normalized spacial score (nSPS) is 9.95. The van der Waals surface area contributed by atoms with Gasteiger partial charge < -0.3 is 47.7 Å². The molecule has 0 atom stereocenters. The number of anilines is 10. The van der Waals surface area contributed by atoms with E-state index in [9.17, 15) is 19.2 Å². The van der Waals surface area contributed by atoms with Gasteiger partial charge in [0.15, 0.2) is 0 Å². The Labute approximate surface area is 379 Å². The maximum Gasteiger partial charge on any atom is 0.256 e. The summed E-state index contributed by atoms with van der Waals surface area (Å²) in [5.74, 6) is 0.236. The first kappa shape index (κ1) is 47.6. The highest BCUT2D eigenvalue weighted by Crippen LogP contribution is 2.26. The molecular weight excluding hydrogens is 844 g/mol. The van der Waals surface area contributed by atoms with Crippen molar-refractivity contribution >= 4 is 81.3 Å². The molecule has 0 saturated heterocycles. The first-order valence-corrected chi connectivity index (χ1v) is 19.8. The summed E-state index contributed by atoms with van der Waals surface area (Å²) < 4.78 is 5.18. The van der Waals surface area contributed by atoms with Gasteiger partial charge in [-0.3, -0.25) is 23.9 Å². The van der Waals surface area contributed by atoms with E-state index in [1.165, 1.54) is 24.5 Å². The van der Waals surface area contributed by atoms with Crippen LogP contribution in [0.15, 0.2) is 171 Å². The van der Waals surface area contributed by atoms with Crippen LogP contribution in [0.5, 0.6) is 5.75 Å². The number of benzene rings is 5. The maximum atomic E-state index is 13.1. The Morgan fingerprint density at radius 2 is 1.02 bits per heavy atom. The average Bonchev–Trinajstić information content (AvgIpc) is 3.32. The number of amides is 4. The fourth-order valence-corrected chi connectivity index (χ4v) is 5.75. The number of halogens is 1. The molecule has 7 rings (SSSR count). The molecule has 334 valence electrons. The zero-order valence-corrected chi connectivity index (χ0v) is 35.4. The first-order valence-electron chi connectivity index (χ1n) is 19.8. The fourth-order valence-electron chi connectivity index (χ4n) is 5.75. The smallest absolute Gasteiger partial charge is 0.256 e. The molecule has 5 aromatic carbocycles. The number of nitrogens with one attached hydrogen (secondary N) is 7. The lowest BCUT2D eigenvalue weighted by atomic mass is 10.2. The Balaban J connectivity index is 0.000000253. The highest BCUT2D eigenvalue weighted by atomic mass is 19.0. The third-order valence-corrected chi connectivity index (χ3v) is 8.92. The van der Waals surface area contributed by atoms with Crippen LogP contribution in [0.25, 0.3) is 0 Å². The second-order valence-electron chi connectivity index (χ2n) is 13.6. The monoisotopic (exact) mass is 888 g/mol. The standard InChI is InChI=1S/C28H26N6O3.C20H18N6O2.FH/c1-3-25(35)31-21-10-7-11-22(16-21)32-26-24(18-30-28(34-26)33-20-8-5-4-6-9-20)27(36)29-17-19-12-14-23(37-2)15-13-19;1-2-17(27)23-14-9-6-10-15(11-14)24-19-16(18(21)28)12-22-20(26-19)25-13-7-4-3-5-8-13;/h3-16,18H,1,17H2,2H3,(H,29,36)(H,31,35)(H2,30,32,33,34);2-12H,1H2,(H2,21,28)(H,23,27)(H2,22,24,25,26);1H. The number of primary amides is 1. The van der Waals surface area contributed by atoms with Crippen LogP contribution >= 0.6 is 0 Å². The first-order chi connectivity index (χ1) is 31.6. The van der Waals surface area contributed by atoms with Gasteiger partial charge in [0.1, 0.15) is 28.5 Å². The SMILES string of the molecule is C=CC(=O)Nc1cccc(Nc2nc(Nc3ccccc3)ncc2C(=O)NCc2ccc(OC)cc2)c1.C=CC(=O)Nc1cccc(Nc2nc(Nc3ccccc3)ncc2C(N)=O)c1.F. The third kappa shape index (κ3) is 14.0. The molecule has 0 saturated carbocycles. The van der Waals surface area contributed by atoms with E-state index < -0.39 is 5.91 Å². The summed E-state index contributed by atoms with van der Waals surface area (Å²) in [6, 6.07) is 40.3. The summed E-state index contributed by atoms with van der Waals surface area (Å²) in [5.41, 5.74) is 10.7. The number of para-hydroxylation sites is 2. The van der Waals surface area contributed by atoms with Crippen molar-refractivity contribution in [1.82, 2.24) is 25.3 Å². The van der Waals surface area contributed by atoms with Crippen molar-refractivity contribution in [2.75, 3.05) is 39.0 Å². The number of nitrogens with zero attached hydrogens (tertiary/aromatic N) is 4. The molecule has 2 aromatic heterocycles. The molecule has 0 aliphatic carbocycles. The van der Waals surface area contributed by atoms with Crippen LogP contribution in [0.3, 0.4) is 0 Å². The molecule has 0 fully saturated rings. The van der Waals surface area contributed by atoms with E-state index in [4.69, 9.17) is 10.5 Å². The largest absolute Gasteiger partial charge is 0.497 e. The minimum atomic E-state index is -0.662. The van der Waals surface area contributed by atoms with Crippen LogP contribution in [0.1, 0.15) is 26.3 Å². The van der Waals surface area contributed by atoms with Crippen molar-refractivity contribution in [3.8, 4) is 5.75 Å². The van der Waals surface area contributed by atoms with Crippen molar-refractivity contribution in [1.29, 1.82) is 0 Å². The van der Waals surface area contributed by atoms with Gasteiger partial charge in [-0.2, -0.15) is 9.97 Å². The van der Waals surface area contributed by atoms with E-state index in [2.05, 4.69) is 70.3 Å². The average molecular weight is 889 g/mol. The second kappa shape index (κ2) is 23.7. The van der Waals surface area contributed by atoms with Gasteiger partial charge in [0.2, 0.25) is 23.7 Å². The molecular formula is C48H45FN12O5. The molecule has 0 bridgehead atoms. The number of aromatic nitrogens is 4. The zero-order valence-electron chi connectivity index (χ0n) is 35.4. The quantitative estimate of drug-likeness (QED) is 0.0402. The minimum absolute atomic E-state index is 0. The molecule has 0 spiro atoms. The van der Waals surface area contributed by atoms with E-state index in [1.54, 1.807) is 55.6 Å². The van der Waals surface area contributed by atoms with Crippen molar-refractivity contribution in [3.63, 3.8) is 0 Å². The number of hydrogen-bond donors (Lipinski definition) is 8. The van der Waals surface area contributed by atoms with E-state index in [0.717, 1.165) is 22.7 Å². The lowest BCUT2D eigenvalue weighted by molar-refractivity contribution is -0.112. The van der Waals surface area contributed by atoms with Crippen LogP contribution in [0.4, 0.5) is 62.4 Å². The summed E-state index contributed by atoms with van der Waals surface area (Å²) >= 11 is 0. The van der Waals surface area contributed by atoms with Gasteiger partial charge in [0, 0.05) is 53.1 Å². The molecule has 0 unspecified atom stereocenters. The summed E-state index contributed by atoms with van der Waals surface area (Å²) in [7, 11) is 1.60. The Hall–Kier alpha value is -9.45. The van der Waals surface area contributed by atoms with Crippen LogP contribution in [0.2, 0.25) is 0 Å². The van der Waals surface area contributed by atoms with E-state index >= 15 is 0 Å². The van der Waals surface area contributed by atoms with E-state index in [1.807, 2.05) is 84.9 Å². The van der Waals surface area contributed by atoms with Gasteiger partial charge in [-0.1, -0.05) is 73.8 Å². The topological polar surface area (TPSA) is 239 Å². The molecule has 18 heteroatoms. The van der Waals surface area contributed by atoms with Crippen molar-refractivity contribution in [2.45, 2.75) is 6.54 Å². The van der Waals surface area contributed by atoms with Crippen molar-refractivity contribution < 1.29 is 28.6 Å². The van der Waals surface area contributed by atoms with Crippen LogP contribution in [-0.4, -0.2) is 50.7 Å². The molecule has 0 radical (unpaired) electrons. The molecule has 7 aromatic rings.